The number of rotatable bonds is 5. The lowest BCUT2D eigenvalue weighted by atomic mass is 10.1. The minimum Gasteiger partial charge on any atom is -0.225 e. The molecule has 0 aromatic heterocycles. The van der Waals surface area contributed by atoms with Gasteiger partial charge in [0.2, 0.25) is 12.3 Å². The van der Waals surface area contributed by atoms with Crippen LogP contribution >= 0.6 is 0 Å². The van der Waals surface area contributed by atoms with Gasteiger partial charge < -0.3 is 0 Å². The van der Waals surface area contributed by atoms with Crippen molar-refractivity contribution >= 4 is 0 Å². The summed E-state index contributed by atoms with van der Waals surface area (Å²) in [6, 6.07) is 0. The molecule has 2 aliphatic rings. The van der Waals surface area contributed by atoms with Crippen molar-refractivity contribution in [3.63, 3.8) is 0 Å². The molecule has 0 N–H and O–H groups in total. The summed E-state index contributed by atoms with van der Waals surface area (Å²) in [5.41, 5.74) is -1.02. The van der Waals surface area contributed by atoms with Gasteiger partial charge in [-0.1, -0.05) is 0 Å². The normalized spacial score (nSPS) is 21.7. The Hall–Kier alpha value is -0.880. The van der Waals surface area contributed by atoms with Crippen molar-refractivity contribution in [3.05, 3.63) is 0 Å². The monoisotopic (exact) mass is 198 g/mol. The SMILES string of the molecule is CC(C)(OOC(C)(C)C1N=N1)C1N=N1. The van der Waals surface area contributed by atoms with Crippen LogP contribution in [0, 0.1) is 0 Å². The molecule has 2 aliphatic heterocycles. The predicted octanol–water partition coefficient (Wildman–Crippen LogP) is 2.08. The smallest absolute Gasteiger partial charge is 0.212 e. The lowest BCUT2D eigenvalue weighted by Gasteiger charge is -2.27. The fraction of sp³-hybridized carbons (Fsp3) is 1.00. The van der Waals surface area contributed by atoms with Gasteiger partial charge in [-0.2, -0.15) is 20.5 Å². The maximum absolute atomic E-state index is 5.31. The van der Waals surface area contributed by atoms with E-state index < -0.39 is 11.2 Å². The molecule has 0 aromatic rings. The molecule has 0 aliphatic carbocycles. The third-order valence-corrected chi connectivity index (χ3v) is 2.18. The molecule has 0 saturated carbocycles. The molecule has 0 unspecified atom stereocenters. The summed E-state index contributed by atoms with van der Waals surface area (Å²) in [5.74, 6) is 0. The van der Waals surface area contributed by atoms with E-state index >= 15 is 0 Å². The Morgan fingerprint density at radius 3 is 1.21 bits per heavy atom. The van der Waals surface area contributed by atoms with Crippen LogP contribution < -0.4 is 0 Å². The first-order valence-electron chi connectivity index (χ1n) is 4.59. The van der Waals surface area contributed by atoms with E-state index in [-0.39, 0.29) is 12.3 Å². The van der Waals surface area contributed by atoms with Crippen LogP contribution in [0.4, 0.5) is 0 Å². The van der Waals surface area contributed by atoms with E-state index in [1.54, 1.807) is 0 Å². The van der Waals surface area contributed by atoms with Crippen LogP contribution in [0.5, 0.6) is 0 Å². The molecule has 0 saturated heterocycles. The molecule has 0 fully saturated rings. The van der Waals surface area contributed by atoms with Gasteiger partial charge in [-0.05, 0) is 27.7 Å². The number of hydrogen-bond acceptors (Lipinski definition) is 6. The second kappa shape index (κ2) is 2.80. The molecule has 2 heterocycles. The summed E-state index contributed by atoms with van der Waals surface area (Å²) in [5, 5.41) is 15.2. The van der Waals surface area contributed by atoms with Gasteiger partial charge in [-0.3, -0.25) is 0 Å². The van der Waals surface area contributed by atoms with Gasteiger partial charge in [-0.25, -0.2) is 9.78 Å². The van der Waals surface area contributed by atoms with Crippen LogP contribution in [0.3, 0.4) is 0 Å². The minimum absolute atomic E-state index is 0.105. The van der Waals surface area contributed by atoms with Gasteiger partial charge in [0, 0.05) is 0 Å². The molecular weight excluding hydrogens is 184 g/mol. The summed E-state index contributed by atoms with van der Waals surface area (Å²) in [6.45, 7) is 7.54. The Kier molecular flexibility index (Phi) is 1.94. The zero-order valence-corrected chi connectivity index (χ0v) is 8.76. The molecule has 78 valence electrons. The number of hydrogen-bond donors (Lipinski definition) is 0. The van der Waals surface area contributed by atoms with Crippen LogP contribution in [0.1, 0.15) is 27.7 Å². The fourth-order valence-corrected chi connectivity index (χ4v) is 0.924. The summed E-state index contributed by atoms with van der Waals surface area (Å²) in [7, 11) is 0. The Morgan fingerprint density at radius 2 is 1.00 bits per heavy atom. The molecule has 0 amide bonds. The average molecular weight is 198 g/mol. The Balaban J connectivity index is 1.80. The highest BCUT2D eigenvalue weighted by molar-refractivity contribution is 4.90. The lowest BCUT2D eigenvalue weighted by molar-refractivity contribution is -0.401. The van der Waals surface area contributed by atoms with Crippen molar-refractivity contribution in [2.24, 2.45) is 20.5 Å². The van der Waals surface area contributed by atoms with Crippen molar-refractivity contribution in [3.8, 4) is 0 Å². The molecular formula is C8H14N4O2. The van der Waals surface area contributed by atoms with E-state index in [1.807, 2.05) is 27.7 Å². The Morgan fingerprint density at radius 1 is 0.714 bits per heavy atom. The Bertz CT molecular complexity index is 256. The standard InChI is InChI=1S/C8H14N4O2/c1-7(2,5-9-10-5)13-14-8(3,4)6-11-12-6/h5-6H,1-4H3. The highest BCUT2D eigenvalue weighted by Gasteiger charge is 2.44. The maximum Gasteiger partial charge on any atom is 0.212 e. The summed E-state index contributed by atoms with van der Waals surface area (Å²) in [4.78, 5) is 10.6. The van der Waals surface area contributed by atoms with Crippen molar-refractivity contribution in [1.82, 2.24) is 0 Å². The lowest BCUT2D eigenvalue weighted by Crippen LogP contribution is -2.39. The average Bonchev–Trinajstić information content (AvgIpc) is 2.85. The van der Waals surface area contributed by atoms with E-state index in [9.17, 15) is 0 Å². The molecule has 6 nitrogen and oxygen atoms in total. The van der Waals surface area contributed by atoms with Crippen molar-refractivity contribution in [2.45, 2.75) is 51.2 Å². The number of nitrogens with zero attached hydrogens (tertiary/aromatic N) is 4. The van der Waals surface area contributed by atoms with E-state index in [0.717, 1.165) is 0 Å². The first-order chi connectivity index (χ1) is 6.42. The van der Waals surface area contributed by atoms with E-state index in [0.29, 0.717) is 0 Å². The van der Waals surface area contributed by atoms with Gasteiger partial charge in [-0.15, -0.1) is 0 Å². The predicted molar refractivity (Wildman–Crippen MR) is 47.6 cm³/mol. The second-order valence-corrected chi connectivity index (χ2v) is 4.58. The van der Waals surface area contributed by atoms with Crippen LogP contribution in [-0.2, 0) is 9.78 Å². The van der Waals surface area contributed by atoms with Gasteiger partial charge in [0.15, 0.2) is 0 Å². The zero-order valence-electron chi connectivity index (χ0n) is 8.76. The van der Waals surface area contributed by atoms with Crippen molar-refractivity contribution in [1.29, 1.82) is 0 Å². The molecule has 0 bridgehead atoms. The molecule has 14 heavy (non-hydrogen) atoms. The fourth-order valence-electron chi connectivity index (χ4n) is 0.924. The third kappa shape index (κ3) is 1.96. The van der Waals surface area contributed by atoms with Gasteiger partial charge in [0.25, 0.3) is 0 Å². The van der Waals surface area contributed by atoms with Crippen LogP contribution in [0.15, 0.2) is 20.5 Å². The highest BCUT2D eigenvalue weighted by atomic mass is 17.2. The summed E-state index contributed by atoms with van der Waals surface area (Å²) >= 11 is 0. The van der Waals surface area contributed by atoms with Crippen molar-refractivity contribution < 1.29 is 9.78 Å². The van der Waals surface area contributed by atoms with Crippen LogP contribution in [0.25, 0.3) is 0 Å². The molecule has 0 radical (unpaired) electrons. The quantitative estimate of drug-likeness (QED) is 0.501. The Labute approximate surface area is 82.3 Å². The minimum atomic E-state index is -0.508. The first kappa shape index (κ1) is 9.67. The third-order valence-electron chi connectivity index (χ3n) is 2.18. The molecule has 0 spiro atoms. The van der Waals surface area contributed by atoms with Crippen LogP contribution in [-0.4, -0.2) is 23.5 Å². The van der Waals surface area contributed by atoms with E-state index in [2.05, 4.69) is 20.5 Å². The van der Waals surface area contributed by atoms with E-state index in [1.165, 1.54) is 0 Å². The van der Waals surface area contributed by atoms with Gasteiger partial charge in [0.05, 0.1) is 0 Å². The topological polar surface area (TPSA) is 67.9 Å². The second-order valence-electron chi connectivity index (χ2n) is 4.58. The molecule has 0 atom stereocenters. The van der Waals surface area contributed by atoms with Gasteiger partial charge >= 0.3 is 0 Å². The zero-order chi connectivity index (χ0) is 10.4. The van der Waals surface area contributed by atoms with Crippen LogP contribution in [0.2, 0.25) is 0 Å². The van der Waals surface area contributed by atoms with Gasteiger partial charge in [0.1, 0.15) is 11.2 Å². The van der Waals surface area contributed by atoms with E-state index in [4.69, 9.17) is 9.78 Å². The molecule has 2 rings (SSSR count). The largest absolute Gasteiger partial charge is 0.225 e. The molecule has 0 aromatic carbocycles. The molecule has 6 heteroatoms. The van der Waals surface area contributed by atoms with Crippen molar-refractivity contribution in [2.75, 3.05) is 0 Å². The summed E-state index contributed by atoms with van der Waals surface area (Å²) in [6.07, 6.45) is -0.210. The maximum atomic E-state index is 5.31. The summed E-state index contributed by atoms with van der Waals surface area (Å²) < 4.78 is 0. The first-order valence-corrected chi connectivity index (χ1v) is 4.59. The highest BCUT2D eigenvalue weighted by Crippen LogP contribution is 2.33.